The molecule has 1 aromatic rings. The van der Waals surface area contributed by atoms with E-state index in [9.17, 15) is 0 Å². The van der Waals surface area contributed by atoms with E-state index in [1.165, 1.54) is 0 Å². The number of nitrogens with zero attached hydrogens (tertiary/aromatic N) is 3. The van der Waals surface area contributed by atoms with E-state index in [0.29, 0.717) is 6.61 Å². The Bertz CT molecular complexity index is 397. The fourth-order valence-electron chi connectivity index (χ4n) is 2.40. The van der Waals surface area contributed by atoms with Crippen LogP contribution in [0.15, 0.2) is 6.07 Å². The molecule has 6 heteroatoms. The third-order valence-corrected chi connectivity index (χ3v) is 3.54. The minimum atomic E-state index is 0.0948. The van der Waals surface area contributed by atoms with Crippen LogP contribution in [0, 0.1) is 0 Å². The summed E-state index contributed by atoms with van der Waals surface area (Å²) >= 11 is 0. The van der Waals surface area contributed by atoms with Gasteiger partial charge in [-0.2, -0.15) is 0 Å². The van der Waals surface area contributed by atoms with Crippen LogP contribution in [0.25, 0.3) is 0 Å². The first-order valence-electron chi connectivity index (χ1n) is 7.30. The van der Waals surface area contributed by atoms with Gasteiger partial charge in [0.1, 0.15) is 17.5 Å². The van der Waals surface area contributed by atoms with E-state index >= 15 is 0 Å². The molecule has 0 unspecified atom stereocenters. The van der Waals surface area contributed by atoms with Gasteiger partial charge in [0, 0.05) is 32.6 Å². The fourth-order valence-corrected chi connectivity index (χ4v) is 2.40. The molecule has 0 aliphatic carbocycles. The van der Waals surface area contributed by atoms with E-state index in [1.807, 2.05) is 13.1 Å². The number of aromatic nitrogens is 2. The Labute approximate surface area is 120 Å². The molecule has 20 heavy (non-hydrogen) atoms. The van der Waals surface area contributed by atoms with E-state index in [0.717, 1.165) is 49.8 Å². The van der Waals surface area contributed by atoms with Crippen molar-refractivity contribution < 1.29 is 9.84 Å². The zero-order valence-electron chi connectivity index (χ0n) is 12.3. The summed E-state index contributed by atoms with van der Waals surface area (Å²) < 4.78 is 5.58. The lowest BCUT2D eigenvalue weighted by molar-refractivity contribution is 0.0158. The second-order valence-electron chi connectivity index (χ2n) is 4.91. The van der Waals surface area contributed by atoms with Crippen molar-refractivity contribution in [3.8, 4) is 0 Å². The zero-order valence-corrected chi connectivity index (χ0v) is 12.3. The topological polar surface area (TPSA) is 70.5 Å². The number of hydrogen-bond donors (Lipinski definition) is 2. The molecule has 2 heterocycles. The van der Waals surface area contributed by atoms with E-state index in [1.54, 1.807) is 0 Å². The molecule has 1 fully saturated rings. The number of anilines is 2. The molecule has 112 valence electrons. The second-order valence-corrected chi connectivity index (χ2v) is 4.91. The van der Waals surface area contributed by atoms with Gasteiger partial charge >= 0.3 is 0 Å². The Hall–Kier alpha value is -1.40. The van der Waals surface area contributed by atoms with Gasteiger partial charge in [0.2, 0.25) is 0 Å². The highest BCUT2D eigenvalue weighted by Gasteiger charge is 2.21. The smallest absolute Gasteiger partial charge is 0.134 e. The summed E-state index contributed by atoms with van der Waals surface area (Å²) in [6.07, 6.45) is 3.04. The Morgan fingerprint density at radius 2 is 2.15 bits per heavy atom. The quantitative estimate of drug-likeness (QED) is 0.812. The maximum atomic E-state index is 8.78. The SMILES string of the molecule is CCc1nc(NC)cc(N2CCC(OCCO)CC2)n1. The largest absolute Gasteiger partial charge is 0.394 e. The van der Waals surface area contributed by atoms with Gasteiger partial charge in [-0.25, -0.2) is 9.97 Å². The van der Waals surface area contributed by atoms with Crippen LogP contribution < -0.4 is 10.2 Å². The summed E-state index contributed by atoms with van der Waals surface area (Å²) in [5, 5.41) is 11.9. The second kappa shape index (κ2) is 7.40. The highest BCUT2D eigenvalue weighted by molar-refractivity contribution is 5.49. The average Bonchev–Trinajstić information content (AvgIpc) is 2.52. The highest BCUT2D eigenvalue weighted by atomic mass is 16.5. The van der Waals surface area contributed by atoms with Gasteiger partial charge in [-0.3, -0.25) is 0 Å². The normalized spacial score (nSPS) is 16.4. The van der Waals surface area contributed by atoms with Crippen molar-refractivity contribution in [2.24, 2.45) is 0 Å². The molecule has 1 aromatic heterocycles. The predicted octanol–water partition coefficient (Wildman–Crippen LogP) is 1.06. The van der Waals surface area contributed by atoms with E-state index in [4.69, 9.17) is 9.84 Å². The van der Waals surface area contributed by atoms with Gasteiger partial charge < -0.3 is 20.1 Å². The third-order valence-electron chi connectivity index (χ3n) is 3.54. The Morgan fingerprint density at radius 1 is 1.40 bits per heavy atom. The lowest BCUT2D eigenvalue weighted by Gasteiger charge is -2.32. The Balaban J connectivity index is 1.99. The Kier molecular flexibility index (Phi) is 5.55. The molecule has 0 radical (unpaired) electrons. The minimum Gasteiger partial charge on any atom is -0.394 e. The molecule has 0 spiro atoms. The first-order chi connectivity index (χ1) is 9.76. The van der Waals surface area contributed by atoms with Gasteiger partial charge in [-0.15, -0.1) is 0 Å². The number of aryl methyl sites for hydroxylation is 1. The van der Waals surface area contributed by atoms with E-state index in [-0.39, 0.29) is 12.7 Å². The van der Waals surface area contributed by atoms with Crippen LogP contribution in [0.1, 0.15) is 25.6 Å². The van der Waals surface area contributed by atoms with Crippen LogP contribution in [0.3, 0.4) is 0 Å². The molecule has 1 saturated heterocycles. The van der Waals surface area contributed by atoms with Gasteiger partial charge in [0.15, 0.2) is 0 Å². The lowest BCUT2D eigenvalue weighted by Crippen LogP contribution is -2.38. The highest BCUT2D eigenvalue weighted by Crippen LogP contribution is 2.22. The molecule has 2 rings (SSSR count). The molecule has 0 saturated carbocycles. The van der Waals surface area contributed by atoms with Crippen molar-refractivity contribution in [1.29, 1.82) is 0 Å². The molecule has 1 aliphatic rings. The van der Waals surface area contributed by atoms with E-state index in [2.05, 4.69) is 27.1 Å². The molecular weight excluding hydrogens is 256 g/mol. The lowest BCUT2D eigenvalue weighted by atomic mass is 10.1. The first kappa shape index (κ1) is 15.0. The van der Waals surface area contributed by atoms with Crippen LogP contribution in [-0.4, -0.2) is 54.5 Å². The van der Waals surface area contributed by atoms with Gasteiger partial charge in [0.25, 0.3) is 0 Å². The summed E-state index contributed by atoms with van der Waals surface area (Å²) in [5.74, 6) is 2.72. The van der Waals surface area contributed by atoms with Crippen molar-refractivity contribution >= 4 is 11.6 Å². The summed E-state index contributed by atoms with van der Waals surface area (Å²) in [7, 11) is 1.88. The molecule has 1 aliphatic heterocycles. The molecule has 0 atom stereocenters. The monoisotopic (exact) mass is 280 g/mol. The van der Waals surface area contributed by atoms with Crippen LogP contribution in [0.5, 0.6) is 0 Å². The van der Waals surface area contributed by atoms with Crippen LogP contribution >= 0.6 is 0 Å². The van der Waals surface area contributed by atoms with Crippen molar-refractivity contribution in [3.63, 3.8) is 0 Å². The summed E-state index contributed by atoms with van der Waals surface area (Å²) in [6.45, 7) is 4.45. The fraction of sp³-hybridized carbons (Fsp3) is 0.714. The van der Waals surface area contributed by atoms with Crippen LogP contribution in [0.4, 0.5) is 11.6 Å². The minimum absolute atomic E-state index is 0.0948. The summed E-state index contributed by atoms with van der Waals surface area (Å²) in [5.41, 5.74) is 0. The maximum Gasteiger partial charge on any atom is 0.134 e. The van der Waals surface area contributed by atoms with Crippen molar-refractivity contribution in [3.05, 3.63) is 11.9 Å². The van der Waals surface area contributed by atoms with Crippen molar-refractivity contribution in [2.45, 2.75) is 32.3 Å². The number of piperidine rings is 1. The number of nitrogens with one attached hydrogen (secondary N) is 1. The van der Waals surface area contributed by atoms with Gasteiger partial charge in [0.05, 0.1) is 19.3 Å². The van der Waals surface area contributed by atoms with Crippen molar-refractivity contribution in [1.82, 2.24) is 9.97 Å². The number of rotatable bonds is 6. The summed E-state index contributed by atoms with van der Waals surface area (Å²) in [6, 6.07) is 1.99. The molecule has 0 bridgehead atoms. The van der Waals surface area contributed by atoms with E-state index < -0.39 is 0 Å². The average molecular weight is 280 g/mol. The Morgan fingerprint density at radius 3 is 2.75 bits per heavy atom. The molecule has 6 nitrogen and oxygen atoms in total. The van der Waals surface area contributed by atoms with Gasteiger partial charge in [-0.05, 0) is 12.8 Å². The standard InChI is InChI=1S/C14H24N4O2/c1-3-12-16-13(15-2)10-14(17-12)18-6-4-11(5-7-18)20-9-8-19/h10-11,19H,3-9H2,1-2H3,(H,15,16,17). The first-order valence-corrected chi connectivity index (χ1v) is 7.30. The van der Waals surface area contributed by atoms with Gasteiger partial charge in [-0.1, -0.05) is 6.92 Å². The molecule has 0 amide bonds. The molecule has 2 N–H and O–H groups in total. The van der Waals surface area contributed by atoms with Crippen LogP contribution in [0.2, 0.25) is 0 Å². The molecule has 0 aromatic carbocycles. The zero-order chi connectivity index (χ0) is 14.4. The molecular formula is C14H24N4O2. The third kappa shape index (κ3) is 3.80. The summed E-state index contributed by atoms with van der Waals surface area (Å²) in [4.78, 5) is 11.3. The predicted molar refractivity (Wildman–Crippen MR) is 79.2 cm³/mol. The van der Waals surface area contributed by atoms with Crippen molar-refractivity contribution in [2.75, 3.05) is 43.6 Å². The van der Waals surface area contributed by atoms with Crippen LogP contribution in [-0.2, 0) is 11.2 Å². The number of aliphatic hydroxyl groups excluding tert-OH is 1. The number of ether oxygens (including phenoxy) is 1. The maximum absolute atomic E-state index is 8.78. The number of aliphatic hydroxyl groups is 1. The number of hydrogen-bond acceptors (Lipinski definition) is 6.